The molecule has 1 heterocycles. The zero-order valence-electron chi connectivity index (χ0n) is 8.47. The van der Waals surface area contributed by atoms with Gasteiger partial charge in [-0.2, -0.15) is 26.3 Å². The van der Waals surface area contributed by atoms with Gasteiger partial charge in [-0.25, -0.2) is 9.97 Å². The number of fused-ring (bicyclic) bond motifs is 1. The molecule has 8 heteroatoms. The predicted octanol–water partition coefficient (Wildman–Crippen LogP) is 3.67. The van der Waals surface area contributed by atoms with E-state index in [-0.39, 0.29) is 11.5 Å². The van der Waals surface area contributed by atoms with E-state index in [0.717, 1.165) is 12.5 Å². The largest absolute Gasteiger partial charge is 0.418 e. The molecule has 2 nitrogen and oxygen atoms in total. The number of aromatic nitrogens is 2. The first-order valence-corrected chi connectivity index (χ1v) is 4.58. The van der Waals surface area contributed by atoms with Crippen molar-refractivity contribution in [3.8, 4) is 0 Å². The average molecular weight is 266 g/mol. The molecule has 0 spiro atoms. The Balaban J connectivity index is 2.81. The van der Waals surface area contributed by atoms with E-state index in [1.807, 2.05) is 0 Å². The number of halogens is 6. The number of rotatable bonds is 0. The first-order valence-electron chi connectivity index (χ1n) is 4.58. The second kappa shape index (κ2) is 3.82. The second-order valence-electron chi connectivity index (χ2n) is 3.48. The molecule has 0 saturated carbocycles. The van der Waals surface area contributed by atoms with Crippen LogP contribution in [-0.2, 0) is 12.4 Å². The van der Waals surface area contributed by atoms with Crippen molar-refractivity contribution in [3.05, 3.63) is 35.8 Å². The van der Waals surface area contributed by atoms with Crippen molar-refractivity contribution in [3.63, 3.8) is 0 Å². The molecule has 1 aromatic heterocycles. The molecule has 0 fully saturated rings. The Bertz CT molecular complexity index is 587. The number of alkyl halides is 6. The predicted molar refractivity (Wildman–Crippen MR) is 49.5 cm³/mol. The minimum atomic E-state index is -4.91. The maximum Gasteiger partial charge on any atom is 0.418 e. The lowest BCUT2D eigenvalue weighted by Gasteiger charge is -2.13. The highest BCUT2D eigenvalue weighted by molar-refractivity contribution is 5.82. The van der Waals surface area contributed by atoms with Gasteiger partial charge in [0.1, 0.15) is 6.33 Å². The van der Waals surface area contributed by atoms with Crippen molar-refractivity contribution in [2.75, 3.05) is 0 Å². The van der Waals surface area contributed by atoms with Crippen LogP contribution in [0.5, 0.6) is 0 Å². The van der Waals surface area contributed by atoms with Gasteiger partial charge < -0.3 is 0 Å². The van der Waals surface area contributed by atoms with E-state index < -0.39 is 29.0 Å². The maximum absolute atomic E-state index is 12.7. The molecule has 0 saturated heterocycles. The Labute approximate surface area is 96.3 Å². The second-order valence-corrected chi connectivity index (χ2v) is 3.48. The van der Waals surface area contributed by atoms with Crippen molar-refractivity contribution in [2.45, 2.75) is 12.4 Å². The number of benzene rings is 1. The lowest BCUT2D eigenvalue weighted by Crippen LogP contribution is -2.12. The van der Waals surface area contributed by atoms with Gasteiger partial charge in [-0.3, -0.25) is 0 Å². The highest BCUT2D eigenvalue weighted by Crippen LogP contribution is 2.38. The van der Waals surface area contributed by atoms with Crippen LogP contribution in [0.25, 0.3) is 10.9 Å². The smallest absolute Gasteiger partial charge is 0.244 e. The Morgan fingerprint density at radius 2 is 1.56 bits per heavy atom. The molecule has 18 heavy (non-hydrogen) atoms. The normalized spacial score (nSPS) is 13.0. The van der Waals surface area contributed by atoms with Crippen molar-refractivity contribution in [1.82, 2.24) is 9.97 Å². The fourth-order valence-corrected chi connectivity index (χ4v) is 1.48. The Hall–Kier alpha value is -1.86. The third-order valence-electron chi connectivity index (χ3n) is 2.24. The van der Waals surface area contributed by atoms with Crippen LogP contribution in [0.2, 0.25) is 0 Å². The van der Waals surface area contributed by atoms with Gasteiger partial charge in [-0.05, 0) is 12.1 Å². The van der Waals surface area contributed by atoms with Crippen LogP contribution in [0.15, 0.2) is 24.7 Å². The molecule has 0 radical (unpaired) electrons. The van der Waals surface area contributed by atoms with Crippen LogP contribution in [0.1, 0.15) is 11.1 Å². The van der Waals surface area contributed by atoms with E-state index >= 15 is 0 Å². The quantitative estimate of drug-likeness (QED) is 0.680. The molecular weight excluding hydrogens is 262 g/mol. The first kappa shape index (κ1) is 12.6. The number of hydrogen-bond donors (Lipinski definition) is 0. The van der Waals surface area contributed by atoms with E-state index in [4.69, 9.17) is 0 Å². The third-order valence-corrected chi connectivity index (χ3v) is 2.24. The Morgan fingerprint density at radius 3 is 2.11 bits per heavy atom. The monoisotopic (exact) mass is 266 g/mol. The molecule has 2 rings (SSSR count). The van der Waals surface area contributed by atoms with E-state index in [0.29, 0.717) is 6.07 Å². The molecule has 2 aromatic rings. The van der Waals surface area contributed by atoms with Crippen LogP contribution in [0.3, 0.4) is 0 Å². The fraction of sp³-hybridized carbons (Fsp3) is 0.200. The van der Waals surface area contributed by atoms with Crippen LogP contribution in [0, 0.1) is 0 Å². The summed E-state index contributed by atoms with van der Waals surface area (Å²) in [5.74, 6) is 0. The highest BCUT2D eigenvalue weighted by Gasteiger charge is 2.38. The zero-order valence-corrected chi connectivity index (χ0v) is 8.47. The lowest BCUT2D eigenvalue weighted by atomic mass is 10.1. The summed E-state index contributed by atoms with van der Waals surface area (Å²) in [5.41, 5.74) is -3.35. The SMILES string of the molecule is FC(F)(F)c1cc(C(F)(F)F)c2ncncc2c1. The van der Waals surface area contributed by atoms with Crippen LogP contribution in [-0.4, -0.2) is 9.97 Å². The van der Waals surface area contributed by atoms with Crippen LogP contribution < -0.4 is 0 Å². The van der Waals surface area contributed by atoms with E-state index in [1.54, 1.807) is 0 Å². The van der Waals surface area contributed by atoms with Crippen LogP contribution >= 0.6 is 0 Å². The zero-order chi connectivity index (χ0) is 13.6. The van der Waals surface area contributed by atoms with Gasteiger partial charge in [0.2, 0.25) is 0 Å². The molecule has 0 atom stereocenters. The molecule has 0 aliphatic heterocycles. The van der Waals surface area contributed by atoms with Crippen molar-refractivity contribution in [1.29, 1.82) is 0 Å². The Kier molecular flexibility index (Phi) is 2.67. The third kappa shape index (κ3) is 2.22. The molecule has 0 bridgehead atoms. The van der Waals surface area contributed by atoms with Crippen LogP contribution in [0.4, 0.5) is 26.3 Å². The average Bonchev–Trinajstić information content (AvgIpc) is 2.25. The van der Waals surface area contributed by atoms with Gasteiger partial charge in [0, 0.05) is 11.6 Å². The standard InChI is InChI=1S/C10H4F6N2/c11-9(12,13)6-1-5-3-17-4-18-8(5)7(2-6)10(14,15)16/h1-4H. The topological polar surface area (TPSA) is 25.8 Å². The van der Waals surface area contributed by atoms with Crippen molar-refractivity contribution in [2.24, 2.45) is 0 Å². The summed E-state index contributed by atoms with van der Waals surface area (Å²) in [5, 5.41) is -0.306. The summed E-state index contributed by atoms with van der Waals surface area (Å²) in [6, 6.07) is 0.639. The summed E-state index contributed by atoms with van der Waals surface area (Å²) in [7, 11) is 0. The molecule has 1 aromatic carbocycles. The molecule has 0 N–H and O–H groups in total. The van der Waals surface area contributed by atoms with Gasteiger partial charge in [-0.15, -0.1) is 0 Å². The molecule has 0 aliphatic carbocycles. The maximum atomic E-state index is 12.7. The molecule has 0 unspecified atom stereocenters. The minimum absolute atomic E-state index is 0.0509. The highest BCUT2D eigenvalue weighted by atomic mass is 19.4. The van der Waals surface area contributed by atoms with Gasteiger partial charge in [0.25, 0.3) is 0 Å². The number of nitrogens with zero attached hydrogens (tertiary/aromatic N) is 2. The van der Waals surface area contributed by atoms with E-state index in [1.165, 1.54) is 0 Å². The molecular formula is C10H4F6N2. The van der Waals surface area contributed by atoms with E-state index in [2.05, 4.69) is 9.97 Å². The summed E-state index contributed by atoms with van der Waals surface area (Å²) in [4.78, 5) is 6.79. The summed E-state index contributed by atoms with van der Waals surface area (Å²) < 4.78 is 75.4. The molecule has 96 valence electrons. The molecule has 0 aliphatic rings. The molecule has 0 amide bonds. The minimum Gasteiger partial charge on any atom is -0.244 e. The summed E-state index contributed by atoms with van der Waals surface area (Å²) in [6.45, 7) is 0. The van der Waals surface area contributed by atoms with Gasteiger partial charge in [0.15, 0.2) is 0 Å². The summed E-state index contributed by atoms with van der Waals surface area (Å²) in [6.07, 6.45) is -8.00. The van der Waals surface area contributed by atoms with Gasteiger partial charge >= 0.3 is 12.4 Å². The Morgan fingerprint density at radius 1 is 0.889 bits per heavy atom. The van der Waals surface area contributed by atoms with Crippen molar-refractivity contribution >= 4 is 10.9 Å². The first-order chi connectivity index (χ1) is 8.19. The van der Waals surface area contributed by atoms with Gasteiger partial charge in [0.05, 0.1) is 16.6 Å². The van der Waals surface area contributed by atoms with E-state index in [9.17, 15) is 26.3 Å². The fourth-order valence-electron chi connectivity index (χ4n) is 1.48. The number of hydrogen-bond acceptors (Lipinski definition) is 2. The van der Waals surface area contributed by atoms with Crippen molar-refractivity contribution < 1.29 is 26.3 Å². The van der Waals surface area contributed by atoms with Gasteiger partial charge in [-0.1, -0.05) is 0 Å². The summed E-state index contributed by atoms with van der Waals surface area (Å²) >= 11 is 0. The lowest BCUT2D eigenvalue weighted by molar-refractivity contribution is -0.142.